The fraction of sp³-hybridized carbons (Fsp3) is 0.400. The van der Waals surface area contributed by atoms with Crippen LogP contribution in [0.3, 0.4) is 0 Å². The van der Waals surface area contributed by atoms with Crippen LogP contribution in [0.15, 0.2) is 30.3 Å². The van der Waals surface area contributed by atoms with Crippen molar-refractivity contribution in [2.45, 2.75) is 38.7 Å². The van der Waals surface area contributed by atoms with Gasteiger partial charge in [0.2, 0.25) is 0 Å². The molecule has 1 unspecified atom stereocenters. The summed E-state index contributed by atoms with van der Waals surface area (Å²) in [6.45, 7) is 2.09. The van der Waals surface area contributed by atoms with Crippen LogP contribution in [-0.4, -0.2) is 24.5 Å². The van der Waals surface area contributed by atoms with Crippen molar-refractivity contribution < 1.29 is 23.9 Å². The molecule has 0 saturated carbocycles. The molecule has 1 rings (SSSR count). The number of carbonyl (C=O) groups excluding carboxylic acids is 4. The minimum absolute atomic E-state index is 0.250. The van der Waals surface area contributed by atoms with Gasteiger partial charge in [-0.2, -0.15) is 9.59 Å². The Kier molecular flexibility index (Phi) is 10.5. The normalized spacial score (nSPS) is 10.4. The van der Waals surface area contributed by atoms with Crippen molar-refractivity contribution in [2.75, 3.05) is 0 Å². The molecule has 108 valence electrons. The van der Waals surface area contributed by atoms with Gasteiger partial charge in [0.1, 0.15) is 0 Å². The standard InChI is InChI=1S/C14H18O3.CO2/c1-2-3-5-10-13(11-15)17-14(16)12-8-6-4-7-9-12;2-1-3/h4,6-9,11,13H,2-3,5,10H2,1H3;. The van der Waals surface area contributed by atoms with E-state index in [9.17, 15) is 9.59 Å². The summed E-state index contributed by atoms with van der Waals surface area (Å²) in [5, 5.41) is 0. The summed E-state index contributed by atoms with van der Waals surface area (Å²) in [6, 6.07) is 8.72. The number of esters is 1. The number of hydrogen-bond acceptors (Lipinski definition) is 5. The number of benzene rings is 1. The van der Waals surface area contributed by atoms with Gasteiger partial charge in [-0.25, -0.2) is 4.79 Å². The first-order valence-electron chi connectivity index (χ1n) is 6.40. The molecule has 5 nitrogen and oxygen atoms in total. The van der Waals surface area contributed by atoms with Crippen LogP contribution in [0.25, 0.3) is 0 Å². The van der Waals surface area contributed by atoms with Crippen molar-refractivity contribution >= 4 is 18.4 Å². The zero-order chi connectivity index (χ0) is 15.2. The van der Waals surface area contributed by atoms with Crippen molar-refractivity contribution in [3.8, 4) is 0 Å². The second kappa shape index (κ2) is 11.8. The van der Waals surface area contributed by atoms with Crippen molar-refractivity contribution in [1.29, 1.82) is 0 Å². The van der Waals surface area contributed by atoms with Crippen LogP contribution in [-0.2, 0) is 19.1 Å². The van der Waals surface area contributed by atoms with Gasteiger partial charge in [0.25, 0.3) is 0 Å². The van der Waals surface area contributed by atoms with E-state index in [1.165, 1.54) is 0 Å². The molecule has 1 aromatic rings. The second-order valence-electron chi connectivity index (χ2n) is 4.02. The second-order valence-corrected chi connectivity index (χ2v) is 4.02. The Hall–Kier alpha value is -2.26. The number of unbranched alkanes of at least 4 members (excludes halogenated alkanes) is 2. The fourth-order valence-electron chi connectivity index (χ4n) is 1.53. The van der Waals surface area contributed by atoms with Crippen molar-refractivity contribution in [1.82, 2.24) is 0 Å². The molecule has 0 spiro atoms. The maximum Gasteiger partial charge on any atom is 0.373 e. The molecule has 0 aliphatic carbocycles. The SMILES string of the molecule is CCCCCC(C=O)OC(=O)c1ccccc1.O=C=O. The van der Waals surface area contributed by atoms with Gasteiger partial charge >= 0.3 is 12.1 Å². The maximum atomic E-state index is 11.7. The third kappa shape index (κ3) is 7.95. The number of rotatable bonds is 7. The van der Waals surface area contributed by atoms with Crippen LogP contribution in [0, 0.1) is 0 Å². The molecule has 0 aromatic heterocycles. The fourth-order valence-corrected chi connectivity index (χ4v) is 1.53. The average Bonchev–Trinajstić information content (AvgIpc) is 2.48. The van der Waals surface area contributed by atoms with Gasteiger partial charge in [-0.05, 0) is 25.0 Å². The third-order valence-electron chi connectivity index (χ3n) is 2.51. The van der Waals surface area contributed by atoms with Gasteiger partial charge < -0.3 is 4.74 Å². The Morgan fingerprint density at radius 3 is 2.35 bits per heavy atom. The van der Waals surface area contributed by atoms with E-state index < -0.39 is 12.1 Å². The van der Waals surface area contributed by atoms with E-state index in [0.29, 0.717) is 18.3 Å². The van der Waals surface area contributed by atoms with Gasteiger partial charge in [-0.3, -0.25) is 4.79 Å². The summed E-state index contributed by atoms with van der Waals surface area (Å²) in [5.41, 5.74) is 0.481. The number of aldehydes is 1. The molecule has 0 saturated heterocycles. The van der Waals surface area contributed by atoms with Crippen LogP contribution >= 0.6 is 0 Å². The maximum absolute atomic E-state index is 11.7. The highest BCUT2D eigenvalue weighted by molar-refractivity contribution is 5.90. The van der Waals surface area contributed by atoms with Crippen LogP contribution in [0.5, 0.6) is 0 Å². The number of carbonyl (C=O) groups is 2. The Labute approximate surface area is 117 Å². The van der Waals surface area contributed by atoms with E-state index in [0.717, 1.165) is 19.3 Å². The van der Waals surface area contributed by atoms with E-state index in [-0.39, 0.29) is 6.15 Å². The zero-order valence-corrected chi connectivity index (χ0v) is 11.4. The highest BCUT2D eigenvalue weighted by Crippen LogP contribution is 2.08. The van der Waals surface area contributed by atoms with Gasteiger partial charge in [0.05, 0.1) is 5.56 Å². The quantitative estimate of drug-likeness (QED) is 0.435. The molecule has 20 heavy (non-hydrogen) atoms. The van der Waals surface area contributed by atoms with Crippen molar-refractivity contribution in [3.63, 3.8) is 0 Å². The van der Waals surface area contributed by atoms with Gasteiger partial charge in [0.15, 0.2) is 12.4 Å². The van der Waals surface area contributed by atoms with Crippen LogP contribution in [0.4, 0.5) is 0 Å². The van der Waals surface area contributed by atoms with Crippen LogP contribution in [0.2, 0.25) is 0 Å². The molecule has 0 fully saturated rings. The highest BCUT2D eigenvalue weighted by atomic mass is 16.5. The molecular formula is C15H18O5. The molecule has 0 N–H and O–H groups in total. The first-order chi connectivity index (χ1) is 9.69. The van der Waals surface area contributed by atoms with E-state index in [4.69, 9.17) is 14.3 Å². The predicted molar refractivity (Wildman–Crippen MR) is 70.9 cm³/mol. The predicted octanol–water partition coefficient (Wildman–Crippen LogP) is 2.41. The lowest BCUT2D eigenvalue weighted by atomic mass is 10.1. The molecule has 0 heterocycles. The van der Waals surface area contributed by atoms with Gasteiger partial charge in [0, 0.05) is 0 Å². The minimum atomic E-state index is -0.616. The molecular weight excluding hydrogens is 260 g/mol. The molecule has 0 bridgehead atoms. The Balaban J connectivity index is 0.00000110. The van der Waals surface area contributed by atoms with E-state index >= 15 is 0 Å². The molecule has 1 aromatic carbocycles. The molecule has 0 amide bonds. The Morgan fingerprint density at radius 2 is 1.85 bits per heavy atom. The first-order valence-corrected chi connectivity index (χ1v) is 6.40. The lowest BCUT2D eigenvalue weighted by molar-refractivity contribution is -0.191. The summed E-state index contributed by atoms with van der Waals surface area (Å²) in [6.07, 6.45) is 3.98. The molecule has 5 heteroatoms. The summed E-state index contributed by atoms with van der Waals surface area (Å²) in [4.78, 5) is 38.7. The summed E-state index contributed by atoms with van der Waals surface area (Å²) in [5.74, 6) is -0.431. The molecule has 0 aliphatic rings. The number of ether oxygens (including phenoxy) is 1. The van der Waals surface area contributed by atoms with Gasteiger partial charge in [-0.1, -0.05) is 38.0 Å². The molecule has 1 atom stereocenters. The average molecular weight is 278 g/mol. The largest absolute Gasteiger partial charge is 0.451 e. The van der Waals surface area contributed by atoms with Crippen LogP contribution < -0.4 is 0 Å². The number of hydrogen-bond donors (Lipinski definition) is 0. The summed E-state index contributed by atoms with van der Waals surface area (Å²) < 4.78 is 5.13. The smallest absolute Gasteiger partial charge is 0.373 e. The first kappa shape index (κ1) is 17.7. The lowest BCUT2D eigenvalue weighted by Gasteiger charge is -2.11. The van der Waals surface area contributed by atoms with E-state index in [2.05, 4.69) is 6.92 Å². The summed E-state index contributed by atoms with van der Waals surface area (Å²) in [7, 11) is 0. The van der Waals surface area contributed by atoms with Crippen molar-refractivity contribution in [2.24, 2.45) is 0 Å². The molecule has 0 radical (unpaired) electrons. The van der Waals surface area contributed by atoms with E-state index in [1.54, 1.807) is 24.3 Å². The Morgan fingerprint density at radius 1 is 1.25 bits per heavy atom. The monoisotopic (exact) mass is 278 g/mol. The Bertz CT molecular complexity index is 421. The van der Waals surface area contributed by atoms with Crippen LogP contribution in [0.1, 0.15) is 43.0 Å². The van der Waals surface area contributed by atoms with Crippen molar-refractivity contribution in [3.05, 3.63) is 35.9 Å². The van der Waals surface area contributed by atoms with E-state index in [1.807, 2.05) is 6.07 Å². The third-order valence-corrected chi connectivity index (χ3v) is 2.51. The molecule has 0 aliphatic heterocycles. The lowest BCUT2D eigenvalue weighted by Crippen LogP contribution is -2.19. The zero-order valence-electron chi connectivity index (χ0n) is 11.4. The summed E-state index contributed by atoms with van der Waals surface area (Å²) >= 11 is 0. The topological polar surface area (TPSA) is 77.5 Å². The highest BCUT2D eigenvalue weighted by Gasteiger charge is 2.14. The minimum Gasteiger partial charge on any atom is -0.451 e. The van der Waals surface area contributed by atoms with Gasteiger partial charge in [-0.15, -0.1) is 0 Å².